The summed E-state index contributed by atoms with van der Waals surface area (Å²) in [4.78, 5) is 19.6. The van der Waals surface area contributed by atoms with Gasteiger partial charge in [-0.15, -0.1) is 0 Å². The van der Waals surface area contributed by atoms with Crippen molar-refractivity contribution in [3.63, 3.8) is 0 Å². The van der Waals surface area contributed by atoms with Crippen LogP contribution >= 0.6 is 0 Å². The number of carboxylic acid groups (broad SMARTS) is 1. The van der Waals surface area contributed by atoms with E-state index in [1.165, 1.54) is 0 Å². The fourth-order valence-corrected chi connectivity index (χ4v) is 2.48. The Morgan fingerprint density at radius 2 is 1.70 bits per heavy atom. The average molecular weight is 266 g/mol. The molecule has 0 bridgehead atoms. The zero-order valence-electron chi connectivity index (χ0n) is 11.1. The fourth-order valence-electron chi connectivity index (χ4n) is 2.48. The van der Waals surface area contributed by atoms with Crippen LogP contribution in [0.25, 0.3) is 21.8 Å². The highest BCUT2D eigenvalue weighted by Gasteiger charge is 2.09. The summed E-state index contributed by atoms with van der Waals surface area (Å²) >= 11 is 0. The van der Waals surface area contributed by atoms with Crippen molar-refractivity contribution < 1.29 is 9.90 Å². The maximum absolute atomic E-state index is 10.7. The second-order valence-electron chi connectivity index (χ2n) is 4.85. The molecule has 3 aromatic rings. The molecular weight excluding hydrogens is 252 g/mol. The van der Waals surface area contributed by atoms with Gasteiger partial charge in [-0.05, 0) is 36.6 Å². The summed E-state index contributed by atoms with van der Waals surface area (Å²) in [7, 11) is 0. The molecule has 0 radical (unpaired) electrons. The quantitative estimate of drug-likeness (QED) is 0.740. The van der Waals surface area contributed by atoms with Gasteiger partial charge in [-0.25, -0.2) is 0 Å². The maximum Gasteiger partial charge on any atom is 0.303 e. The number of rotatable bonds is 3. The normalized spacial score (nSPS) is 11.1. The molecule has 0 aliphatic rings. The topological polar surface area (TPSA) is 63.1 Å². The van der Waals surface area contributed by atoms with Crippen LogP contribution in [0.15, 0.2) is 36.7 Å². The zero-order valence-corrected chi connectivity index (χ0v) is 11.1. The molecule has 1 aromatic carbocycles. The van der Waals surface area contributed by atoms with Crippen molar-refractivity contribution in [2.24, 2.45) is 0 Å². The van der Waals surface area contributed by atoms with Crippen molar-refractivity contribution >= 4 is 27.8 Å². The highest BCUT2D eigenvalue weighted by atomic mass is 16.4. The highest BCUT2D eigenvalue weighted by Crippen LogP contribution is 2.26. The van der Waals surface area contributed by atoms with Gasteiger partial charge in [-0.1, -0.05) is 12.1 Å². The van der Waals surface area contributed by atoms with Crippen molar-refractivity contribution in [2.75, 3.05) is 0 Å². The Morgan fingerprint density at radius 3 is 2.45 bits per heavy atom. The molecule has 0 aliphatic carbocycles. The smallest absolute Gasteiger partial charge is 0.303 e. The number of pyridine rings is 2. The lowest BCUT2D eigenvalue weighted by atomic mass is 10.0. The summed E-state index contributed by atoms with van der Waals surface area (Å²) in [6, 6.07) is 7.90. The Balaban J connectivity index is 2.23. The monoisotopic (exact) mass is 266 g/mol. The van der Waals surface area contributed by atoms with E-state index < -0.39 is 5.97 Å². The van der Waals surface area contributed by atoms with Crippen LogP contribution < -0.4 is 0 Å². The van der Waals surface area contributed by atoms with E-state index in [-0.39, 0.29) is 6.42 Å². The minimum Gasteiger partial charge on any atom is -0.481 e. The van der Waals surface area contributed by atoms with Crippen molar-refractivity contribution in [1.82, 2.24) is 9.97 Å². The van der Waals surface area contributed by atoms with E-state index >= 15 is 0 Å². The van der Waals surface area contributed by atoms with Gasteiger partial charge in [0.15, 0.2) is 0 Å². The summed E-state index contributed by atoms with van der Waals surface area (Å²) in [5.74, 6) is -0.787. The summed E-state index contributed by atoms with van der Waals surface area (Å²) in [6.07, 6.45) is 4.13. The Bertz CT molecular complexity index is 812. The number of aryl methyl sites for hydroxylation is 2. The molecule has 3 rings (SSSR count). The van der Waals surface area contributed by atoms with Gasteiger partial charge in [-0.3, -0.25) is 14.8 Å². The molecule has 4 nitrogen and oxygen atoms in total. The minimum absolute atomic E-state index is 0.123. The Labute approximate surface area is 116 Å². The number of aromatic nitrogens is 2. The number of aliphatic carboxylic acids is 1. The van der Waals surface area contributed by atoms with Crippen LogP contribution in [0.2, 0.25) is 0 Å². The maximum atomic E-state index is 10.7. The van der Waals surface area contributed by atoms with Gasteiger partial charge in [-0.2, -0.15) is 0 Å². The predicted molar refractivity (Wildman–Crippen MR) is 77.7 cm³/mol. The number of nitrogens with zero attached hydrogens (tertiary/aromatic N) is 2. The molecule has 0 unspecified atom stereocenters. The third kappa shape index (κ3) is 2.09. The van der Waals surface area contributed by atoms with Gasteiger partial charge in [0.2, 0.25) is 0 Å². The SMILES string of the molecule is Cc1ccnc2c1ccc1c(CCC(=O)O)ccnc12. The Kier molecular flexibility index (Phi) is 3.06. The second-order valence-corrected chi connectivity index (χ2v) is 4.85. The standard InChI is InChI=1S/C16H14N2O2/c1-10-6-8-17-15-12(10)3-4-13-11(2-5-14(19)20)7-9-18-16(13)15/h3-4,6-9H,2,5H2,1H3,(H,19,20). The van der Waals surface area contributed by atoms with E-state index in [2.05, 4.69) is 9.97 Å². The van der Waals surface area contributed by atoms with Gasteiger partial charge in [0.1, 0.15) is 0 Å². The van der Waals surface area contributed by atoms with Crippen molar-refractivity contribution in [3.8, 4) is 0 Å². The first kappa shape index (κ1) is 12.5. The lowest BCUT2D eigenvalue weighted by Gasteiger charge is -2.08. The molecule has 0 fully saturated rings. The first-order chi connectivity index (χ1) is 9.66. The van der Waals surface area contributed by atoms with E-state index in [1.807, 2.05) is 31.2 Å². The number of hydrogen-bond donors (Lipinski definition) is 1. The van der Waals surface area contributed by atoms with Gasteiger partial charge in [0.25, 0.3) is 0 Å². The number of fused-ring (bicyclic) bond motifs is 3. The molecule has 100 valence electrons. The highest BCUT2D eigenvalue weighted by molar-refractivity contribution is 6.04. The van der Waals surface area contributed by atoms with Crippen LogP contribution in [0.1, 0.15) is 17.5 Å². The van der Waals surface area contributed by atoms with Crippen LogP contribution in [0, 0.1) is 6.92 Å². The van der Waals surface area contributed by atoms with Crippen molar-refractivity contribution in [1.29, 1.82) is 0 Å². The summed E-state index contributed by atoms with van der Waals surface area (Å²) in [5.41, 5.74) is 3.88. The van der Waals surface area contributed by atoms with E-state index in [0.29, 0.717) is 6.42 Å². The molecule has 0 saturated carbocycles. The van der Waals surface area contributed by atoms with Crippen LogP contribution in [0.3, 0.4) is 0 Å². The molecular formula is C16H14N2O2. The Morgan fingerprint density at radius 1 is 1.05 bits per heavy atom. The molecule has 0 spiro atoms. The lowest BCUT2D eigenvalue weighted by molar-refractivity contribution is -0.136. The van der Waals surface area contributed by atoms with E-state index in [1.54, 1.807) is 12.4 Å². The van der Waals surface area contributed by atoms with Crippen molar-refractivity contribution in [2.45, 2.75) is 19.8 Å². The lowest BCUT2D eigenvalue weighted by Crippen LogP contribution is -1.99. The van der Waals surface area contributed by atoms with Crippen molar-refractivity contribution in [3.05, 3.63) is 47.8 Å². The average Bonchev–Trinajstić information content (AvgIpc) is 2.45. The molecule has 1 N–H and O–H groups in total. The van der Waals surface area contributed by atoms with Crippen LogP contribution in [0.4, 0.5) is 0 Å². The summed E-state index contributed by atoms with van der Waals surface area (Å²) in [5, 5.41) is 10.9. The predicted octanol–water partition coefficient (Wildman–Crippen LogP) is 3.11. The first-order valence-electron chi connectivity index (χ1n) is 6.50. The largest absolute Gasteiger partial charge is 0.481 e. The molecule has 2 aromatic heterocycles. The molecule has 20 heavy (non-hydrogen) atoms. The third-order valence-corrected chi connectivity index (χ3v) is 3.54. The van der Waals surface area contributed by atoms with E-state index in [4.69, 9.17) is 5.11 Å². The fraction of sp³-hybridized carbons (Fsp3) is 0.188. The van der Waals surface area contributed by atoms with E-state index in [0.717, 1.165) is 32.9 Å². The van der Waals surface area contributed by atoms with Gasteiger partial charge < -0.3 is 5.11 Å². The molecule has 4 heteroatoms. The number of carbonyl (C=O) groups is 1. The molecule has 0 saturated heterocycles. The van der Waals surface area contributed by atoms with E-state index in [9.17, 15) is 4.79 Å². The number of carboxylic acids is 1. The molecule has 2 heterocycles. The van der Waals surface area contributed by atoms with Gasteiger partial charge in [0, 0.05) is 29.6 Å². The third-order valence-electron chi connectivity index (χ3n) is 3.54. The molecule has 0 atom stereocenters. The van der Waals surface area contributed by atoms with Crippen LogP contribution in [-0.2, 0) is 11.2 Å². The number of hydrogen-bond acceptors (Lipinski definition) is 3. The summed E-state index contributed by atoms with van der Waals surface area (Å²) < 4.78 is 0. The van der Waals surface area contributed by atoms with Gasteiger partial charge in [0.05, 0.1) is 11.0 Å². The summed E-state index contributed by atoms with van der Waals surface area (Å²) in [6.45, 7) is 2.05. The molecule has 0 amide bonds. The Hall–Kier alpha value is -2.49. The zero-order chi connectivity index (χ0) is 14.1. The second kappa shape index (κ2) is 4.89. The van der Waals surface area contributed by atoms with Crippen LogP contribution in [0.5, 0.6) is 0 Å². The number of benzene rings is 1. The van der Waals surface area contributed by atoms with Crippen LogP contribution in [-0.4, -0.2) is 21.0 Å². The van der Waals surface area contributed by atoms with Gasteiger partial charge >= 0.3 is 5.97 Å². The first-order valence-corrected chi connectivity index (χ1v) is 6.50. The minimum atomic E-state index is -0.787. The molecule has 0 aliphatic heterocycles.